The van der Waals surface area contributed by atoms with Crippen molar-refractivity contribution in [2.24, 2.45) is 0 Å². The number of aromatic nitrogens is 1. The summed E-state index contributed by atoms with van der Waals surface area (Å²) < 4.78 is 5.04. The second kappa shape index (κ2) is 9.33. The van der Waals surface area contributed by atoms with E-state index in [4.69, 9.17) is 0 Å². The van der Waals surface area contributed by atoms with E-state index in [1.807, 2.05) is 17.4 Å². The summed E-state index contributed by atoms with van der Waals surface area (Å²) in [5.41, 5.74) is 10.9. The quantitative estimate of drug-likeness (QED) is 0.209. The van der Waals surface area contributed by atoms with E-state index in [0.29, 0.717) is 0 Å². The van der Waals surface area contributed by atoms with Crippen LogP contribution >= 0.6 is 11.3 Å². The molecule has 8 rings (SSSR count). The van der Waals surface area contributed by atoms with E-state index < -0.39 is 0 Å². The van der Waals surface area contributed by atoms with E-state index >= 15 is 0 Å². The van der Waals surface area contributed by atoms with Gasteiger partial charge in [0.2, 0.25) is 0 Å². The molecule has 0 saturated carbocycles. The normalized spacial score (nSPS) is 11.6. The predicted octanol–water partition coefficient (Wildman–Crippen LogP) is 11.4. The molecule has 41 heavy (non-hydrogen) atoms. The maximum atomic E-state index is 4.14. The van der Waals surface area contributed by atoms with Gasteiger partial charge in [-0.05, 0) is 88.8 Å². The Morgan fingerprint density at radius 3 is 1.93 bits per heavy atom. The van der Waals surface area contributed by atoms with Crippen molar-refractivity contribution in [3.63, 3.8) is 0 Å². The zero-order valence-electron chi connectivity index (χ0n) is 22.8. The number of thiophene rings is 1. The first kappa shape index (κ1) is 23.9. The summed E-state index contributed by atoms with van der Waals surface area (Å²) in [4.78, 5) is 0. The van der Waals surface area contributed by atoms with Crippen molar-refractivity contribution in [1.82, 2.24) is 4.57 Å². The standard InChI is InChI=1S/C39H27NS/c1-3-26-16-17-27(28-18-21-39-35(24-28)33-12-6-9-15-38(33)41-39)23-34(26)30-20-19-29(22-25(30)2)40-36-13-7-4-10-31(36)32-11-5-8-14-37(32)40/h3-24H,1H2,2H3. The summed E-state index contributed by atoms with van der Waals surface area (Å²) in [6.07, 6.45) is 1.97. The average Bonchev–Trinajstić information content (AvgIpc) is 3.56. The van der Waals surface area contributed by atoms with Crippen LogP contribution in [0.25, 0.3) is 76.0 Å². The maximum absolute atomic E-state index is 4.14. The lowest BCUT2D eigenvalue weighted by molar-refractivity contribution is 1.17. The van der Waals surface area contributed by atoms with Crippen LogP contribution in [0.3, 0.4) is 0 Å². The van der Waals surface area contributed by atoms with Crippen LogP contribution in [-0.4, -0.2) is 4.57 Å². The largest absolute Gasteiger partial charge is 0.309 e. The Labute approximate surface area is 243 Å². The van der Waals surface area contributed by atoms with E-state index in [2.05, 4.69) is 145 Å². The molecular formula is C39H27NS. The van der Waals surface area contributed by atoms with Crippen LogP contribution < -0.4 is 0 Å². The highest BCUT2D eigenvalue weighted by atomic mass is 32.1. The van der Waals surface area contributed by atoms with Gasteiger partial charge >= 0.3 is 0 Å². The third-order valence-electron chi connectivity index (χ3n) is 8.32. The van der Waals surface area contributed by atoms with Crippen molar-refractivity contribution in [2.45, 2.75) is 6.92 Å². The number of para-hydroxylation sites is 2. The maximum Gasteiger partial charge on any atom is 0.0541 e. The molecule has 1 nitrogen and oxygen atoms in total. The smallest absolute Gasteiger partial charge is 0.0541 e. The molecule has 0 aliphatic rings. The highest BCUT2D eigenvalue weighted by Crippen LogP contribution is 2.39. The van der Waals surface area contributed by atoms with E-state index in [1.54, 1.807) is 0 Å². The minimum atomic E-state index is 1.14. The minimum absolute atomic E-state index is 1.14. The summed E-state index contributed by atoms with van der Waals surface area (Å²) in [6.45, 7) is 6.36. The van der Waals surface area contributed by atoms with Gasteiger partial charge in [-0.1, -0.05) is 91.5 Å². The van der Waals surface area contributed by atoms with Crippen LogP contribution in [0.5, 0.6) is 0 Å². The minimum Gasteiger partial charge on any atom is -0.309 e. The highest BCUT2D eigenvalue weighted by Gasteiger charge is 2.15. The van der Waals surface area contributed by atoms with Gasteiger partial charge in [0.15, 0.2) is 0 Å². The zero-order valence-corrected chi connectivity index (χ0v) is 23.6. The Morgan fingerprint density at radius 2 is 1.20 bits per heavy atom. The number of hydrogen-bond acceptors (Lipinski definition) is 1. The third kappa shape index (κ3) is 3.76. The van der Waals surface area contributed by atoms with Crippen molar-refractivity contribution < 1.29 is 0 Å². The number of benzene rings is 6. The molecule has 0 amide bonds. The van der Waals surface area contributed by atoms with Crippen LogP contribution in [0.2, 0.25) is 0 Å². The number of fused-ring (bicyclic) bond motifs is 6. The van der Waals surface area contributed by atoms with Crippen LogP contribution in [0.1, 0.15) is 11.1 Å². The molecule has 2 heteroatoms. The van der Waals surface area contributed by atoms with Crippen molar-refractivity contribution in [1.29, 1.82) is 0 Å². The lowest BCUT2D eigenvalue weighted by atomic mass is 9.91. The Kier molecular flexibility index (Phi) is 5.44. The van der Waals surface area contributed by atoms with Crippen molar-refractivity contribution >= 4 is 59.4 Å². The summed E-state index contributed by atoms with van der Waals surface area (Å²) in [5.74, 6) is 0. The van der Waals surface area contributed by atoms with Gasteiger partial charge < -0.3 is 4.57 Å². The monoisotopic (exact) mass is 541 g/mol. The van der Waals surface area contributed by atoms with E-state index in [1.165, 1.54) is 75.5 Å². The number of hydrogen-bond donors (Lipinski definition) is 0. The Balaban J connectivity index is 1.27. The first-order valence-electron chi connectivity index (χ1n) is 14.0. The van der Waals surface area contributed by atoms with Crippen LogP contribution in [0, 0.1) is 6.92 Å². The van der Waals surface area contributed by atoms with Gasteiger partial charge in [-0.15, -0.1) is 11.3 Å². The van der Waals surface area contributed by atoms with Gasteiger partial charge in [-0.3, -0.25) is 0 Å². The molecule has 0 spiro atoms. The van der Waals surface area contributed by atoms with Gasteiger partial charge in [-0.25, -0.2) is 0 Å². The summed E-state index contributed by atoms with van der Waals surface area (Å²) in [5, 5.41) is 5.21. The fraction of sp³-hybridized carbons (Fsp3) is 0.0256. The third-order valence-corrected chi connectivity index (χ3v) is 9.47. The molecule has 0 saturated heterocycles. The molecule has 2 aromatic heterocycles. The van der Waals surface area contributed by atoms with Gasteiger partial charge in [0.25, 0.3) is 0 Å². The number of nitrogens with zero attached hydrogens (tertiary/aromatic N) is 1. The second-order valence-corrected chi connectivity index (χ2v) is 11.8. The van der Waals surface area contributed by atoms with E-state index in [9.17, 15) is 0 Å². The van der Waals surface area contributed by atoms with Crippen molar-refractivity contribution in [2.75, 3.05) is 0 Å². The molecule has 8 aromatic rings. The summed E-state index contributed by atoms with van der Waals surface area (Å²) in [6, 6.07) is 46.5. The van der Waals surface area contributed by atoms with Gasteiger partial charge in [-0.2, -0.15) is 0 Å². The van der Waals surface area contributed by atoms with Gasteiger partial charge in [0.1, 0.15) is 0 Å². The Morgan fingerprint density at radius 1 is 0.561 bits per heavy atom. The topological polar surface area (TPSA) is 4.93 Å². The molecule has 6 aromatic carbocycles. The zero-order chi connectivity index (χ0) is 27.5. The first-order valence-corrected chi connectivity index (χ1v) is 14.8. The second-order valence-electron chi connectivity index (χ2n) is 10.7. The Bertz CT molecular complexity index is 2240. The first-order chi connectivity index (χ1) is 20.2. The lowest BCUT2D eigenvalue weighted by Crippen LogP contribution is -1.96. The fourth-order valence-corrected chi connectivity index (χ4v) is 7.43. The molecule has 194 valence electrons. The molecule has 0 aliphatic carbocycles. The fourth-order valence-electron chi connectivity index (χ4n) is 6.34. The van der Waals surface area contributed by atoms with Crippen LogP contribution in [0.4, 0.5) is 0 Å². The van der Waals surface area contributed by atoms with Crippen molar-refractivity contribution in [3.05, 3.63) is 145 Å². The van der Waals surface area contributed by atoms with Crippen molar-refractivity contribution in [3.8, 4) is 27.9 Å². The number of aryl methyl sites for hydroxylation is 1. The molecule has 0 fully saturated rings. The van der Waals surface area contributed by atoms with E-state index in [-0.39, 0.29) is 0 Å². The van der Waals surface area contributed by atoms with Gasteiger partial charge in [0.05, 0.1) is 11.0 Å². The van der Waals surface area contributed by atoms with Crippen LogP contribution in [-0.2, 0) is 0 Å². The predicted molar refractivity (Wildman–Crippen MR) is 179 cm³/mol. The number of rotatable bonds is 4. The lowest BCUT2D eigenvalue weighted by Gasteiger charge is -2.15. The molecule has 2 heterocycles. The molecule has 0 unspecified atom stereocenters. The van der Waals surface area contributed by atoms with Crippen LogP contribution in [0.15, 0.2) is 134 Å². The molecular weight excluding hydrogens is 515 g/mol. The molecule has 0 atom stereocenters. The Hall–Kier alpha value is -4.92. The molecule has 0 bridgehead atoms. The molecule has 0 N–H and O–H groups in total. The molecule has 0 radical (unpaired) electrons. The van der Waals surface area contributed by atoms with Gasteiger partial charge in [0, 0.05) is 36.6 Å². The average molecular weight is 542 g/mol. The summed E-state index contributed by atoms with van der Waals surface area (Å²) in [7, 11) is 0. The van der Waals surface area contributed by atoms with E-state index in [0.717, 1.165) is 5.56 Å². The molecule has 0 aliphatic heterocycles. The summed E-state index contributed by atoms with van der Waals surface area (Å²) >= 11 is 1.86. The SMILES string of the molecule is C=Cc1ccc(-c2ccc3sc4ccccc4c3c2)cc1-c1ccc(-n2c3ccccc3c3ccccc32)cc1C. The highest BCUT2D eigenvalue weighted by molar-refractivity contribution is 7.25.